The molecule has 2 heterocycles. The third-order valence-electron chi connectivity index (χ3n) is 2.59. The first-order chi connectivity index (χ1) is 9.74. The van der Waals surface area contributed by atoms with Crippen molar-refractivity contribution in [3.63, 3.8) is 0 Å². The first-order valence-electron chi connectivity index (χ1n) is 5.79. The Morgan fingerprint density at radius 2 is 2.00 bits per heavy atom. The van der Waals surface area contributed by atoms with Crippen molar-refractivity contribution < 1.29 is 9.18 Å². The molecule has 1 N–H and O–H groups in total. The lowest BCUT2D eigenvalue weighted by atomic mass is 10.3. The highest BCUT2D eigenvalue weighted by molar-refractivity contribution is 7.20. The van der Waals surface area contributed by atoms with Crippen molar-refractivity contribution in [2.45, 2.75) is 0 Å². The molecule has 20 heavy (non-hydrogen) atoms. The SMILES string of the molecule is O=C(Nc1ccccc1F)c1csc(-c2cccs2)n1. The molecule has 0 aliphatic carbocycles. The van der Waals surface area contributed by atoms with Crippen LogP contribution in [-0.4, -0.2) is 10.9 Å². The van der Waals surface area contributed by atoms with Crippen molar-refractivity contribution in [2.75, 3.05) is 5.32 Å². The zero-order valence-corrected chi connectivity index (χ0v) is 11.8. The maximum Gasteiger partial charge on any atom is 0.275 e. The molecule has 0 fully saturated rings. The molecule has 1 amide bonds. The van der Waals surface area contributed by atoms with Crippen LogP contribution in [-0.2, 0) is 0 Å². The van der Waals surface area contributed by atoms with Gasteiger partial charge in [0.2, 0.25) is 0 Å². The Labute approximate surface area is 122 Å². The molecular formula is C14H9FN2OS2. The lowest BCUT2D eigenvalue weighted by Gasteiger charge is -2.03. The van der Waals surface area contributed by atoms with Crippen molar-refractivity contribution >= 4 is 34.3 Å². The molecular weight excluding hydrogens is 295 g/mol. The molecule has 2 aromatic heterocycles. The van der Waals surface area contributed by atoms with Crippen molar-refractivity contribution in [3.05, 3.63) is 58.7 Å². The van der Waals surface area contributed by atoms with Gasteiger partial charge >= 0.3 is 0 Å². The van der Waals surface area contributed by atoms with Gasteiger partial charge in [0.1, 0.15) is 16.5 Å². The smallest absolute Gasteiger partial charge is 0.275 e. The van der Waals surface area contributed by atoms with Crippen LogP contribution >= 0.6 is 22.7 Å². The predicted molar refractivity (Wildman–Crippen MR) is 79.8 cm³/mol. The number of aromatic nitrogens is 1. The molecule has 0 radical (unpaired) electrons. The third kappa shape index (κ3) is 2.61. The number of benzene rings is 1. The number of halogens is 1. The number of anilines is 1. The Bertz CT molecular complexity index is 737. The fourth-order valence-electron chi connectivity index (χ4n) is 1.64. The molecule has 0 aliphatic heterocycles. The van der Waals surface area contributed by atoms with E-state index in [9.17, 15) is 9.18 Å². The summed E-state index contributed by atoms with van der Waals surface area (Å²) in [6.45, 7) is 0. The van der Waals surface area contributed by atoms with Gasteiger partial charge in [0, 0.05) is 5.38 Å². The Balaban J connectivity index is 1.80. The molecule has 0 aliphatic rings. The van der Waals surface area contributed by atoms with Gasteiger partial charge in [0.05, 0.1) is 10.6 Å². The number of para-hydroxylation sites is 1. The van der Waals surface area contributed by atoms with Gasteiger partial charge in [-0.15, -0.1) is 22.7 Å². The second-order valence-corrected chi connectivity index (χ2v) is 5.75. The average molecular weight is 304 g/mol. The highest BCUT2D eigenvalue weighted by atomic mass is 32.1. The molecule has 0 bridgehead atoms. The van der Waals surface area contributed by atoms with E-state index in [1.807, 2.05) is 17.5 Å². The van der Waals surface area contributed by atoms with Crippen LogP contribution in [0.1, 0.15) is 10.5 Å². The van der Waals surface area contributed by atoms with Crippen molar-refractivity contribution in [1.82, 2.24) is 4.98 Å². The van der Waals surface area contributed by atoms with Crippen LogP contribution < -0.4 is 5.32 Å². The van der Waals surface area contributed by atoms with Crippen molar-refractivity contribution in [2.24, 2.45) is 0 Å². The minimum absolute atomic E-state index is 0.156. The van der Waals surface area contributed by atoms with Crippen LogP contribution in [0.2, 0.25) is 0 Å². The maximum atomic E-state index is 13.5. The summed E-state index contributed by atoms with van der Waals surface area (Å²) in [5.74, 6) is -0.872. The van der Waals surface area contributed by atoms with Crippen molar-refractivity contribution in [3.8, 4) is 9.88 Å². The summed E-state index contributed by atoms with van der Waals surface area (Å²) in [5, 5.41) is 6.94. The topological polar surface area (TPSA) is 42.0 Å². The predicted octanol–water partition coefficient (Wildman–Crippen LogP) is 4.26. The van der Waals surface area contributed by atoms with E-state index in [4.69, 9.17) is 0 Å². The second kappa shape index (κ2) is 5.52. The highest BCUT2D eigenvalue weighted by Crippen LogP contribution is 2.28. The Morgan fingerprint density at radius 3 is 2.75 bits per heavy atom. The summed E-state index contributed by atoms with van der Waals surface area (Å²) in [7, 11) is 0. The first-order valence-corrected chi connectivity index (χ1v) is 7.55. The zero-order valence-electron chi connectivity index (χ0n) is 10.2. The first kappa shape index (κ1) is 13.0. The maximum absolute atomic E-state index is 13.5. The normalized spacial score (nSPS) is 10.4. The monoisotopic (exact) mass is 304 g/mol. The number of amides is 1. The number of carbonyl (C=O) groups excluding carboxylic acids is 1. The fourth-order valence-corrected chi connectivity index (χ4v) is 3.25. The molecule has 3 aromatic rings. The molecule has 6 heteroatoms. The second-order valence-electron chi connectivity index (χ2n) is 3.95. The van der Waals surface area contributed by atoms with Crippen molar-refractivity contribution in [1.29, 1.82) is 0 Å². The number of rotatable bonds is 3. The van der Waals surface area contributed by atoms with Gasteiger partial charge < -0.3 is 5.32 Å². The summed E-state index contributed by atoms with van der Waals surface area (Å²) in [4.78, 5) is 17.3. The summed E-state index contributed by atoms with van der Waals surface area (Å²) in [6.07, 6.45) is 0. The van der Waals surface area contributed by atoms with E-state index in [0.29, 0.717) is 5.69 Å². The van der Waals surface area contributed by atoms with E-state index < -0.39 is 11.7 Å². The summed E-state index contributed by atoms with van der Waals surface area (Å²) in [5.41, 5.74) is 0.449. The van der Waals surface area contributed by atoms with Crippen LogP contribution in [0.4, 0.5) is 10.1 Å². The van der Waals surface area contributed by atoms with Gasteiger partial charge in [0.25, 0.3) is 5.91 Å². The summed E-state index contributed by atoms with van der Waals surface area (Å²) < 4.78 is 13.5. The van der Waals surface area contributed by atoms with Gasteiger partial charge in [-0.25, -0.2) is 9.37 Å². The number of carbonyl (C=O) groups is 1. The van der Waals surface area contributed by atoms with Crippen LogP contribution in [0.3, 0.4) is 0 Å². The molecule has 0 saturated heterocycles. The van der Waals surface area contributed by atoms with E-state index in [-0.39, 0.29) is 5.69 Å². The van der Waals surface area contributed by atoms with E-state index >= 15 is 0 Å². The lowest BCUT2D eigenvalue weighted by Crippen LogP contribution is -2.13. The van der Waals surface area contributed by atoms with E-state index in [1.54, 1.807) is 28.8 Å². The highest BCUT2D eigenvalue weighted by Gasteiger charge is 2.13. The standard InChI is InChI=1S/C14H9FN2OS2/c15-9-4-1-2-5-10(9)16-13(18)11-8-20-14(17-11)12-6-3-7-19-12/h1-8H,(H,16,18). The molecule has 0 saturated carbocycles. The Hall–Kier alpha value is -2.05. The van der Waals surface area contributed by atoms with Gasteiger partial charge in [-0.3, -0.25) is 4.79 Å². The average Bonchev–Trinajstić information content (AvgIpc) is 3.11. The van der Waals surface area contributed by atoms with E-state index in [2.05, 4.69) is 10.3 Å². The van der Waals surface area contributed by atoms with Crippen LogP contribution in [0.25, 0.3) is 9.88 Å². The third-order valence-corrected chi connectivity index (χ3v) is 4.47. The number of thiophene rings is 1. The van der Waals surface area contributed by atoms with E-state index in [1.165, 1.54) is 23.5 Å². The molecule has 1 aromatic carbocycles. The minimum Gasteiger partial charge on any atom is -0.318 e. The molecule has 0 spiro atoms. The zero-order chi connectivity index (χ0) is 13.9. The van der Waals surface area contributed by atoms with Crippen LogP contribution in [0.5, 0.6) is 0 Å². The number of hydrogen-bond donors (Lipinski definition) is 1. The fraction of sp³-hybridized carbons (Fsp3) is 0. The summed E-state index contributed by atoms with van der Waals surface area (Å²) >= 11 is 2.96. The van der Waals surface area contributed by atoms with Crippen LogP contribution in [0, 0.1) is 5.82 Å². The molecule has 3 nitrogen and oxygen atoms in total. The Kier molecular flexibility index (Phi) is 3.58. The molecule has 100 valence electrons. The van der Waals surface area contributed by atoms with Gasteiger partial charge in [0.15, 0.2) is 0 Å². The molecule has 3 rings (SSSR count). The van der Waals surface area contributed by atoms with Crippen LogP contribution in [0.15, 0.2) is 47.2 Å². The number of nitrogens with zero attached hydrogens (tertiary/aromatic N) is 1. The largest absolute Gasteiger partial charge is 0.318 e. The van der Waals surface area contributed by atoms with Gasteiger partial charge in [-0.05, 0) is 23.6 Å². The number of nitrogens with one attached hydrogen (secondary N) is 1. The Morgan fingerprint density at radius 1 is 1.15 bits per heavy atom. The number of thiazole rings is 1. The van der Waals surface area contributed by atoms with Gasteiger partial charge in [-0.1, -0.05) is 18.2 Å². The minimum atomic E-state index is -0.463. The quantitative estimate of drug-likeness (QED) is 0.785. The number of hydrogen-bond acceptors (Lipinski definition) is 4. The van der Waals surface area contributed by atoms with Gasteiger partial charge in [-0.2, -0.15) is 0 Å². The van der Waals surface area contributed by atoms with E-state index in [0.717, 1.165) is 9.88 Å². The molecule has 0 unspecified atom stereocenters. The molecule has 0 atom stereocenters. The lowest BCUT2D eigenvalue weighted by molar-refractivity contribution is 0.102. The summed E-state index contributed by atoms with van der Waals surface area (Å²) in [6, 6.07) is 9.93.